The second-order valence-corrected chi connectivity index (χ2v) is 5.03. The lowest BCUT2D eigenvalue weighted by Gasteiger charge is -1.99. The minimum absolute atomic E-state index is 0.845. The lowest BCUT2D eigenvalue weighted by atomic mass is 10.2. The third-order valence-corrected chi connectivity index (χ3v) is 3.33. The van der Waals surface area contributed by atoms with Crippen LogP contribution in [-0.4, -0.2) is 10.5 Å². The van der Waals surface area contributed by atoms with Gasteiger partial charge in [0.2, 0.25) is 0 Å². The summed E-state index contributed by atoms with van der Waals surface area (Å²) in [4.78, 5) is 0.877. The molecular formula is C13H14NOS+. The van der Waals surface area contributed by atoms with E-state index in [2.05, 4.69) is 4.57 Å². The number of hydrogen-bond acceptors (Lipinski definition) is 1. The van der Waals surface area contributed by atoms with Crippen LogP contribution in [0.25, 0.3) is 0 Å². The zero-order valence-electron chi connectivity index (χ0n) is 9.17. The van der Waals surface area contributed by atoms with Crippen LogP contribution < -0.4 is 4.57 Å². The first-order chi connectivity index (χ1) is 7.75. The first-order valence-corrected chi connectivity index (χ1v) is 6.68. The Labute approximate surface area is 98.0 Å². The molecule has 0 N–H and O–H groups in total. The van der Waals surface area contributed by atoms with Crippen LogP contribution in [0.1, 0.15) is 5.56 Å². The lowest BCUT2D eigenvalue weighted by Crippen LogP contribution is -2.32. The van der Waals surface area contributed by atoms with Crippen molar-refractivity contribution < 1.29 is 8.78 Å². The van der Waals surface area contributed by atoms with Crippen molar-refractivity contribution in [3.05, 3.63) is 60.4 Å². The van der Waals surface area contributed by atoms with Crippen LogP contribution in [0.2, 0.25) is 0 Å². The van der Waals surface area contributed by atoms with Gasteiger partial charge in [0.1, 0.15) is 0 Å². The molecule has 0 fully saturated rings. The summed E-state index contributed by atoms with van der Waals surface area (Å²) in [6, 6.07) is 13.9. The molecule has 0 amide bonds. The van der Waals surface area contributed by atoms with Crippen LogP contribution in [0.4, 0.5) is 0 Å². The molecule has 0 radical (unpaired) electrons. The van der Waals surface area contributed by atoms with E-state index in [9.17, 15) is 4.21 Å². The molecule has 2 nitrogen and oxygen atoms in total. The highest BCUT2D eigenvalue weighted by Crippen LogP contribution is 2.07. The summed E-state index contributed by atoms with van der Waals surface area (Å²) < 4.78 is 13.3. The molecule has 1 atom stereocenters. The van der Waals surface area contributed by atoms with Gasteiger partial charge in [0.05, 0.1) is 0 Å². The van der Waals surface area contributed by atoms with Gasteiger partial charge >= 0.3 is 0 Å². The van der Waals surface area contributed by atoms with Crippen molar-refractivity contribution in [1.29, 1.82) is 0 Å². The van der Waals surface area contributed by atoms with Crippen LogP contribution in [0.3, 0.4) is 0 Å². The summed E-state index contributed by atoms with van der Waals surface area (Å²) in [5.74, 6) is 0. The molecule has 0 aliphatic heterocycles. The maximum Gasteiger partial charge on any atom is 0.173 e. The van der Waals surface area contributed by atoms with E-state index in [-0.39, 0.29) is 0 Å². The van der Waals surface area contributed by atoms with E-state index in [1.54, 1.807) is 6.26 Å². The average molecular weight is 232 g/mol. The number of nitrogens with zero attached hydrogens (tertiary/aromatic N) is 1. The smallest absolute Gasteiger partial charge is 0.173 e. The molecule has 0 aliphatic carbocycles. The van der Waals surface area contributed by atoms with Crippen molar-refractivity contribution >= 4 is 10.8 Å². The molecule has 1 unspecified atom stereocenters. The van der Waals surface area contributed by atoms with Gasteiger partial charge in [-0.05, 0) is 12.1 Å². The molecule has 2 aromatic rings. The molecule has 16 heavy (non-hydrogen) atoms. The highest BCUT2D eigenvalue weighted by molar-refractivity contribution is 7.84. The second kappa shape index (κ2) is 5.03. The Kier molecular flexibility index (Phi) is 3.47. The number of hydrogen-bond donors (Lipinski definition) is 0. The zero-order chi connectivity index (χ0) is 11.4. The Morgan fingerprint density at radius 3 is 2.25 bits per heavy atom. The quantitative estimate of drug-likeness (QED) is 0.739. The van der Waals surface area contributed by atoms with Gasteiger partial charge in [0.15, 0.2) is 18.9 Å². The van der Waals surface area contributed by atoms with Crippen molar-refractivity contribution in [2.75, 3.05) is 6.26 Å². The van der Waals surface area contributed by atoms with Gasteiger partial charge in [-0.3, -0.25) is 4.21 Å². The van der Waals surface area contributed by atoms with Crippen LogP contribution in [0.5, 0.6) is 0 Å². The predicted molar refractivity (Wildman–Crippen MR) is 64.5 cm³/mol. The van der Waals surface area contributed by atoms with E-state index in [1.165, 1.54) is 5.56 Å². The standard InChI is InChI=1S/C13H14NOS/c1-16(15)13-7-5-12(6-8-13)11-14-9-3-2-4-10-14/h2-10H,11H2,1H3/q+1. The monoisotopic (exact) mass is 232 g/mol. The molecule has 0 spiro atoms. The van der Waals surface area contributed by atoms with Gasteiger partial charge in [-0.25, -0.2) is 4.57 Å². The van der Waals surface area contributed by atoms with E-state index in [0.29, 0.717) is 0 Å². The molecule has 3 heteroatoms. The minimum Gasteiger partial charge on any atom is -0.255 e. The molecule has 0 saturated heterocycles. The van der Waals surface area contributed by atoms with Gasteiger partial charge in [0, 0.05) is 39.6 Å². The maximum absolute atomic E-state index is 11.2. The van der Waals surface area contributed by atoms with Gasteiger partial charge in [-0.1, -0.05) is 18.2 Å². The van der Waals surface area contributed by atoms with Crippen LogP contribution in [0.15, 0.2) is 59.8 Å². The summed E-state index contributed by atoms with van der Waals surface area (Å²) >= 11 is 0. The third-order valence-electron chi connectivity index (χ3n) is 2.40. The average Bonchev–Trinajstić information content (AvgIpc) is 2.31. The molecule has 0 saturated carbocycles. The Hall–Kier alpha value is -1.48. The number of aromatic nitrogens is 1. The van der Waals surface area contributed by atoms with E-state index in [1.807, 2.05) is 54.9 Å². The Morgan fingerprint density at radius 1 is 1.06 bits per heavy atom. The van der Waals surface area contributed by atoms with Crippen molar-refractivity contribution in [1.82, 2.24) is 0 Å². The molecule has 82 valence electrons. The van der Waals surface area contributed by atoms with E-state index in [4.69, 9.17) is 0 Å². The Bertz CT molecular complexity index is 479. The van der Waals surface area contributed by atoms with Crippen molar-refractivity contribution in [3.63, 3.8) is 0 Å². The van der Waals surface area contributed by atoms with Crippen LogP contribution in [0, 0.1) is 0 Å². The van der Waals surface area contributed by atoms with Crippen LogP contribution >= 0.6 is 0 Å². The molecule has 2 rings (SSSR count). The van der Waals surface area contributed by atoms with Crippen molar-refractivity contribution in [2.24, 2.45) is 0 Å². The number of pyridine rings is 1. The lowest BCUT2D eigenvalue weighted by molar-refractivity contribution is -0.688. The highest BCUT2D eigenvalue weighted by atomic mass is 32.2. The predicted octanol–water partition coefficient (Wildman–Crippen LogP) is 1.76. The fourth-order valence-corrected chi connectivity index (χ4v) is 2.06. The van der Waals surface area contributed by atoms with Crippen molar-refractivity contribution in [2.45, 2.75) is 11.4 Å². The van der Waals surface area contributed by atoms with Gasteiger partial charge in [-0.15, -0.1) is 0 Å². The molecule has 1 aromatic carbocycles. The largest absolute Gasteiger partial charge is 0.255 e. The topological polar surface area (TPSA) is 20.9 Å². The maximum atomic E-state index is 11.2. The molecule has 1 heterocycles. The minimum atomic E-state index is -0.890. The van der Waals surface area contributed by atoms with E-state index in [0.717, 1.165) is 11.4 Å². The molecule has 0 bridgehead atoms. The zero-order valence-corrected chi connectivity index (χ0v) is 9.98. The number of rotatable bonds is 3. The summed E-state index contributed by atoms with van der Waals surface area (Å²) in [7, 11) is -0.890. The summed E-state index contributed by atoms with van der Waals surface area (Å²) in [5, 5.41) is 0. The van der Waals surface area contributed by atoms with Gasteiger partial charge in [0.25, 0.3) is 0 Å². The third kappa shape index (κ3) is 2.76. The summed E-state index contributed by atoms with van der Waals surface area (Å²) in [5.41, 5.74) is 1.21. The summed E-state index contributed by atoms with van der Waals surface area (Å²) in [6.07, 6.45) is 5.76. The first kappa shape index (κ1) is 11.0. The first-order valence-electron chi connectivity index (χ1n) is 5.12. The fourth-order valence-electron chi connectivity index (χ4n) is 1.54. The highest BCUT2D eigenvalue weighted by Gasteiger charge is 2.02. The normalized spacial score (nSPS) is 12.3. The number of benzene rings is 1. The Balaban J connectivity index is 2.14. The summed E-state index contributed by atoms with van der Waals surface area (Å²) in [6.45, 7) is 0.845. The molecule has 1 aromatic heterocycles. The molecule has 0 aliphatic rings. The Morgan fingerprint density at radius 2 is 1.69 bits per heavy atom. The van der Waals surface area contributed by atoms with Gasteiger partial charge in [-0.2, -0.15) is 0 Å². The van der Waals surface area contributed by atoms with E-state index < -0.39 is 10.8 Å². The van der Waals surface area contributed by atoms with Crippen LogP contribution in [-0.2, 0) is 17.3 Å². The SMILES string of the molecule is CS(=O)c1ccc(C[n+]2ccccc2)cc1. The fraction of sp³-hybridized carbons (Fsp3) is 0.154. The second-order valence-electron chi connectivity index (χ2n) is 3.65. The van der Waals surface area contributed by atoms with Gasteiger partial charge < -0.3 is 0 Å². The van der Waals surface area contributed by atoms with E-state index >= 15 is 0 Å². The van der Waals surface area contributed by atoms with Crippen molar-refractivity contribution in [3.8, 4) is 0 Å². The molecular weight excluding hydrogens is 218 g/mol.